The zero-order valence-electron chi connectivity index (χ0n) is 10.3. The molecule has 0 saturated heterocycles. The van der Waals surface area contributed by atoms with Crippen LogP contribution in [0.1, 0.15) is 23.7 Å². The van der Waals surface area contributed by atoms with Gasteiger partial charge in [0.05, 0.1) is 12.5 Å². The number of amides is 1. The highest BCUT2D eigenvalue weighted by Gasteiger charge is 2.43. The molecule has 0 aliphatic heterocycles. The second-order valence-corrected chi connectivity index (χ2v) is 4.61. The second kappa shape index (κ2) is 5.10. The average Bonchev–Trinajstić information content (AvgIpc) is 3.09. The fourth-order valence-electron chi connectivity index (χ4n) is 2.16. The summed E-state index contributed by atoms with van der Waals surface area (Å²) in [6.45, 7) is 0. The smallest absolute Gasteiger partial charge is 0.243 e. The molecule has 1 aromatic heterocycles. The highest BCUT2D eigenvalue weighted by molar-refractivity contribution is 5.84. The zero-order valence-corrected chi connectivity index (χ0v) is 10.3. The number of nitrogens with one attached hydrogen (secondary N) is 1. The normalized spacial score (nSPS) is 21.5. The minimum Gasteiger partial charge on any atom is -0.463 e. The first kappa shape index (κ1) is 11.7. The van der Waals surface area contributed by atoms with E-state index in [0.717, 1.165) is 6.42 Å². The molecule has 1 N–H and O–H groups in total. The summed E-state index contributed by atoms with van der Waals surface area (Å²) in [7, 11) is 0. The third-order valence-electron chi connectivity index (χ3n) is 3.26. The monoisotopic (exact) mass is 254 g/mol. The van der Waals surface area contributed by atoms with Crippen LogP contribution >= 0.6 is 0 Å². The summed E-state index contributed by atoms with van der Waals surface area (Å²) in [6, 6.07) is 13.6. The lowest BCUT2D eigenvalue weighted by molar-refractivity contribution is -0.122. The second-order valence-electron chi connectivity index (χ2n) is 4.61. The summed E-state index contributed by atoms with van der Waals surface area (Å²) in [4.78, 5) is 11.9. The summed E-state index contributed by atoms with van der Waals surface area (Å²) < 4.78 is 5.08. The Morgan fingerprint density at radius 1 is 1.26 bits per heavy atom. The number of hydrazone groups is 1. The first-order chi connectivity index (χ1) is 9.34. The Hall–Kier alpha value is -2.36. The fraction of sp³-hybridized carbons (Fsp3) is 0.200. The van der Waals surface area contributed by atoms with Gasteiger partial charge >= 0.3 is 0 Å². The van der Waals surface area contributed by atoms with Gasteiger partial charge in [-0.2, -0.15) is 5.10 Å². The number of rotatable bonds is 4. The van der Waals surface area contributed by atoms with Crippen LogP contribution in [0, 0.1) is 5.92 Å². The van der Waals surface area contributed by atoms with Crippen LogP contribution in [-0.4, -0.2) is 12.1 Å². The van der Waals surface area contributed by atoms with E-state index in [1.807, 2.05) is 18.2 Å². The molecule has 96 valence electrons. The molecule has 0 bridgehead atoms. The van der Waals surface area contributed by atoms with E-state index in [1.165, 1.54) is 11.8 Å². The van der Waals surface area contributed by atoms with E-state index < -0.39 is 0 Å². The van der Waals surface area contributed by atoms with Crippen LogP contribution in [0.5, 0.6) is 0 Å². The zero-order chi connectivity index (χ0) is 13.1. The largest absolute Gasteiger partial charge is 0.463 e. The summed E-state index contributed by atoms with van der Waals surface area (Å²) in [5.74, 6) is 0.962. The van der Waals surface area contributed by atoms with E-state index in [4.69, 9.17) is 4.42 Å². The van der Waals surface area contributed by atoms with Gasteiger partial charge in [-0.15, -0.1) is 0 Å². The van der Waals surface area contributed by atoms with E-state index in [2.05, 4.69) is 22.7 Å². The van der Waals surface area contributed by atoms with Crippen LogP contribution < -0.4 is 5.43 Å². The number of hydrogen-bond donors (Lipinski definition) is 1. The van der Waals surface area contributed by atoms with Crippen LogP contribution in [0.25, 0.3) is 0 Å². The van der Waals surface area contributed by atoms with E-state index in [0.29, 0.717) is 11.7 Å². The predicted octanol–water partition coefficient (Wildman–Crippen LogP) is 2.53. The van der Waals surface area contributed by atoms with Gasteiger partial charge in [0.25, 0.3) is 0 Å². The molecule has 2 atom stereocenters. The highest BCUT2D eigenvalue weighted by atomic mass is 16.3. The minimum atomic E-state index is -0.0309. The first-order valence-corrected chi connectivity index (χ1v) is 6.26. The molecule has 1 aliphatic rings. The molecular formula is C15H14N2O2. The van der Waals surface area contributed by atoms with Crippen molar-refractivity contribution in [2.45, 2.75) is 12.3 Å². The summed E-state index contributed by atoms with van der Waals surface area (Å²) in [6.07, 6.45) is 3.96. The third kappa shape index (κ3) is 2.73. The van der Waals surface area contributed by atoms with Crippen molar-refractivity contribution in [3.8, 4) is 0 Å². The molecule has 0 spiro atoms. The van der Waals surface area contributed by atoms with Crippen molar-refractivity contribution in [3.63, 3.8) is 0 Å². The van der Waals surface area contributed by atoms with E-state index >= 15 is 0 Å². The average molecular weight is 254 g/mol. The molecule has 3 rings (SSSR count). The Kier molecular flexibility index (Phi) is 3.14. The molecular weight excluding hydrogens is 240 g/mol. The molecule has 4 nitrogen and oxygen atoms in total. The molecule has 1 saturated carbocycles. The molecule has 1 fully saturated rings. The molecule has 1 aromatic carbocycles. The molecule has 1 aliphatic carbocycles. The quantitative estimate of drug-likeness (QED) is 0.673. The number of carbonyl (C=O) groups is 1. The lowest BCUT2D eigenvalue weighted by Crippen LogP contribution is -2.20. The van der Waals surface area contributed by atoms with Crippen molar-refractivity contribution >= 4 is 12.1 Å². The van der Waals surface area contributed by atoms with Gasteiger partial charge in [0.15, 0.2) is 0 Å². The van der Waals surface area contributed by atoms with E-state index in [-0.39, 0.29) is 11.8 Å². The lowest BCUT2D eigenvalue weighted by atomic mass is 10.1. The molecule has 4 heteroatoms. The Labute approximate surface area is 111 Å². The lowest BCUT2D eigenvalue weighted by Gasteiger charge is -1.99. The third-order valence-corrected chi connectivity index (χ3v) is 3.26. The number of nitrogens with zero attached hydrogens (tertiary/aromatic N) is 1. The molecule has 0 radical (unpaired) electrons. The van der Waals surface area contributed by atoms with Crippen LogP contribution in [0.3, 0.4) is 0 Å². The Morgan fingerprint density at radius 3 is 2.84 bits per heavy atom. The molecule has 19 heavy (non-hydrogen) atoms. The summed E-state index contributed by atoms with van der Waals surface area (Å²) in [5.41, 5.74) is 3.77. The van der Waals surface area contributed by atoms with Gasteiger partial charge in [-0.1, -0.05) is 30.3 Å². The molecule has 2 aromatic rings. The highest BCUT2D eigenvalue weighted by Crippen LogP contribution is 2.47. The van der Waals surface area contributed by atoms with Crippen molar-refractivity contribution in [1.82, 2.24) is 5.43 Å². The Balaban J connectivity index is 1.53. The van der Waals surface area contributed by atoms with Crippen molar-refractivity contribution < 1.29 is 9.21 Å². The van der Waals surface area contributed by atoms with Crippen molar-refractivity contribution in [2.24, 2.45) is 11.0 Å². The summed E-state index contributed by atoms with van der Waals surface area (Å²) >= 11 is 0. The van der Waals surface area contributed by atoms with Gasteiger partial charge in [-0.05, 0) is 30.0 Å². The maximum atomic E-state index is 11.9. The topological polar surface area (TPSA) is 54.6 Å². The predicted molar refractivity (Wildman–Crippen MR) is 71.7 cm³/mol. The van der Waals surface area contributed by atoms with Crippen LogP contribution in [0.15, 0.2) is 58.2 Å². The number of furan rings is 1. The van der Waals surface area contributed by atoms with Crippen LogP contribution in [-0.2, 0) is 4.79 Å². The van der Waals surface area contributed by atoms with Gasteiger partial charge in [-0.3, -0.25) is 4.79 Å². The molecule has 1 heterocycles. The molecule has 1 amide bonds. The van der Waals surface area contributed by atoms with Crippen molar-refractivity contribution in [3.05, 3.63) is 60.1 Å². The number of hydrogen-bond acceptors (Lipinski definition) is 3. The Bertz CT molecular complexity index is 575. The van der Waals surface area contributed by atoms with Crippen LogP contribution in [0.2, 0.25) is 0 Å². The van der Waals surface area contributed by atoms with Crippen LogP contribution in [0.4, 0.5) is 0 Å². The van der Waals surface area contributed by atoms with Crippen molar-refractivity contribution in [1.29, 1.82) is 0 Å². The molecule has 0 unspecified atom stereocenters. The SMILES string of the molecule is O=C(NN=Cc1ccco1)[C@@H]1C[C@H]1c1ccccc1. The van der Waals surface area contributed by atoms with E-state index in [1.54, 1.807) is 18.4 Å². The number of carbonyl (C=O) groups excluding carboxylic acids is 1. The first-order valence-electron chi connectivity index (χ1n) is 6.26. The van der Waals surface area contributed by atoms with Gasteiger partial charge < -0.3 is 4.42 Å². The van der Waals surface area contributed by atoms with Gasteiger partial charge in [0.1, 0.15) is 5.76 Å². The standard InChI is InChI=1S/C15H14N2O2/c18-15(17-16-10-12-7-4-8-19-12)14-9-13(14)11-5-2-1-3-6-11/h1-8,10,13-14H,9H2,(H,17,18)/t13-,14+/m0/s1. The van der Waals surface area contributed by atoms with Crippen molar-refractivity contribution in [2.75, 3.05) is 0 Å². The minimum absolute atomic E-state index is 0.0309. The van der Waals surface area contributed by atoms with Gasteiger partial charge in [0.2, 0.25) is 5.91 Å². The fourth-order valence-corrected chi connectivity index (χ4v) is 2.16. The maximum Gasteiger partial charge on any atom is 0.243 e. The number of benzene rings is 1. The summed E-state index contributed by atoms with van der Waals surface area (Å²) in [5, 5.41) is 3.88. The van der Waals surface area contributed by atoms with Gasteiger partial charge in [0, 0.05) is 5.92 Å². The van der Waals surface area contributed by atoms with E-state index in [9.17, 15) is 4.79 Å². The Morgan fingerprint density at radius 2 is 2.11 bits per heavy atom. The van der Waals surface area contributed by atoms with Gasteiger partial charge in [-0.25, -0.2) is 5.43 Å². The maximum absolute atomic E-state index is 11.9.